The fraction of sp³-hybridized carbons (Fsp3) is 0.375. The van der Waals surface area contributed by atoms with Gasteiger partial charge in [0.25, 0.3) is 0 Å². The second kappa shape index (κ2) is 13.4. The Bertz CT molecular complexity index is 1510. The van der Waals surface area contributed by atoms with Gasteiger partial charge in [-0.1, -0.05) is 54.8 Å². The average molecular weight is 572 g/mol. The van der Waals surface area contributed by atoms with Crippen molar-refractivity contribution in [2.45, 2.75) is 57.3 Å². The highest BCUT2D eigenvalue weighted by atomic mass is 16.5. The lowest BCUT2D eigenvalue weighted by Crippen LogP contribution is -2.47. The number of amides is 2. The molecule has 0 bridgehead atoms. The molecule has 0 unspecified atom stereocenters. The van der Waals surface area contributed by atoms with Gasteiger partial charge in [-0.3, -0.25) is 9.59 Å². The number of para-hydroxylation sites is 1. The minimum absolute atomic E-state index is 0.0612. The van der Waals surface area contributed by atoms with Crippen LogP contribution < -0.4 is 19.5 Å². The quantitative estimate of drug-likeness (QED) is 0.279. The van der Waals surface area contributed by atoms with Gasteiger partial charge in [-0.25, -0.2) is 4.68 Å². The van der Waals surface area contributed by atoms with E-state index in [0.717, 1.165) is 36.8 Å². The maximum atomic E-state index is 14.2. The van der Waals surface area contributed by atoms with Gasteiger partial charge in [-0.2, -0.15) is 0 Å². The van der Waals surface area contributed by atoms with Gasteiger partial charge in [0.1, 0.15) is 23.9 Å². The lowest BCUT2D eigenvalue weighted by molar-refractivity contribution is -0.142. The minimum atomic E-state index is -0.934. The molecule has 0 saturated heterocycles. The van der Waals surface area contributed by atoms with Crippen molar-refractivity contribution in [3.05, 3.63) is 77.9 Å². The smallest absolute Gasteiger partial charge is 0.247 e. The minimum Gasteiger partial charge on any atom is -0.497 e. The van der Waals surface area contributed by atoms with Crippen molar-refractivity contribution >= 4 is 22.8 Å². The number of rotatable bonds is 11. The van der Waals surface area contributed by atoms with Crippen LogP contribution in [-0.2, 0) is 22.7 Å². The molecule has 1 fully saturated rings. The Morgan fingerprint density at radius 2 is 1.67 bits per heavy atom. The maximum absolute atomic E-state index is 14.2. The number of benzene rings is 3. The predicted molar refractivity (Wildman–Crippen MR) is 158 cm³/mol. The van der Waals surface area contributed by atoms with E-state index in [0.29, 0.717) is 28.3 Å². The second-order valence-corrected chi connectivity index (χ2v) is 10.5. The molecule has 1 atom stereocenters. The van der Waals surface area contributed by atoms with Crippen LogP contribution in [0.1, 0.15) is 49.3 Å². The van der Waals surface area contributed by atoms with Crippen LogP contribution in [0.2, 0.25) is 0 Å². The van der Waals surface area contributed by atoms with E-state index in [1.807, 2.05) is 54.6 Å². The topological polar surface area (TPSA) is 108 Å². The molecule has 42 heavy (non-hydrogen) atoms. The third-order valence-electron chi connectivity index (χ3n) is 7.77. The van der Waals surface area contributed by atoms with Crippen LogP contribution in [0.4, 0.5) is 0 Å². The van der Waals surface area contributed by atoms with Crippen molar-refractivity contribution in [2.75, 3.05) is 21.3 Å². The van der Waals surface area contributed by atoms with E-state index in [1.165, 1.54) is 6.42 Å². The van der Waals surface area contributed by atoms with E-state index in [4.69, 9.17) is 14.2 Å². The molecule has 0 radical (unpaired) electrons. The number of hydrogen-bond donors (Lipinski definition) is 1. The van der Waals surface area contributed by atoms with Gasteiger partial charge >= 0.3 is 0 Å². The molecule has 220 valence electrons. The molecule has 5 rings (SSSR count). The van der Waals surface area contributed by atoms with Crippen molar-refractivity contribution in [1.82, 2.24) is 25.2 Å². The van der Waals surface area contributed by atoms with E-state index in [2.05, 4.69) is 15.6 Å². The number of nitrogens with one attached hydrogen (secondary N) is 1. The van der Waals surface area contributed by atoms with E-state index >= 15 is 0 Å². The summed E-state index contributed by atoms with van der Waals surface area (Å²) in [6.45, 7) is 0.101. The lowest BCUT2D eigenvalue weighted by Gasteiger charge is -2.34. The number of hydrogen-bond acceptors (Lipinski definition) is 7. The predicted octanol–water partition coefficient (Wildman–Crippen LogP) is 4.68. The fourth-order valence-corrected chi connectivity index (χ4v) is 5.53. The van der Waals surface area contributed by atoms with Crippen molar-refractivity contribution in [1.29, 1.82) is 0 Å². The first-order valence-corrected chi connectivity index (χ1v) is 14.2. The molecule has 10 nitrogen and oxygen atoms in total. The summed E-state index contributed by atoms with van der Waals surface area (Å²) in [5.41, 5.74) is 2.90. The molecule has 1 aliphatic rings. The monoisotopic (exact) mass is 571 g/mol. The molecule has 4 aromatic rings. The first-order valence-electron chi connectivity index (χ1n) is 14.2. The van der Waals surface area contributed by atoms with E-state index in [9.17, 15) is 9.59 Å². The highest BCUT2D eigenvalue weighted by molar-refractivity contribution is 5.89. The summed E-state index contributed by atoms with van der Waals surface area (Å²) in [4.78, 5) is 30.0. The molecule has 10 heteroatoms. The first-order chi connectivity index (χ1) is 20.5. The zero-order valence-corrected chi connectivity index (χ0v) is 24.3. The van der Waals surface area contributed by atoms with Gasteiger partial charge in [-0.05, 0) is 60.4 Å². The summed E-state index contributed by atoms with van der Waals surface area (Å²) in [5.74, 6) is 1.20. The second-order valence-electron chi connectivity index (χ2n) is 10.5. The Balaban J connectivity index is 1.56. The number of methoxy groups -OCH3 is 3. The Morgan fingerprint density at radius 1 is 0.929 bits per heavy atom. The Hall–Kier alpha value is -4.60. The SMILES string of the molecule is COc1ccc(CN(C(=O)Cn2nnc3ccccc32)[C@@H](C(=O)NC2CCCCC2)c2ccc(OC)c(OC)c2)cc1. The van der Waals surface area contributed by atoms with Crippen LogP contribution in [0.5, 0.6) is 17.2 Å². The number of carbonyl (C=O) groups excluding carboxylic acids is 2. The van der Waals surface area contributed by atoms with Gasteiger partial charge in [0.05, 0.1) is 26.8 Å². The summed E-state index contributed by atoms with van der Waals surface area (Å²) in [5, 5.41) is 11.7. The van der Waals surface area contributed by atoms with Crippen molar-refractivity contribution in [3.63, 3.8) is 0 Å². The fourth-order valence-electron chi connectivity index (χ4n) is 5.53. The number of carbonyl (C=O) groups is 2. The van der Waals surface area contributed by atoms with Crippen LogP contribution in [0.25, 0.3) is 11.0 Å². The number of fused-ring (bicyclic) bond motifs is 1. The van der Waals surface area contributed by atoms with E-state index in [-0.39, 0.29) is 30.9 Å². The molecule has 1 heterocycles. The molecule has 2 amide bonds. The zero-order valence-electron chi connectivity index (χ0n) is 24.3. The lowest BCUT2D eigenvalue weighted by atomic mass is 9.94. The molecule has 0 spiro atoms. The average Bonchev–Trinajstić information content (AvgIpc) is 3.43. The Kier molecular flexibility index (Phi) is 9.21. The van der Waals surface area contributed by atoms with Crippen LogP contribution >= 0.6 is 0 Å². The largest absolute Gasteiger partial charge is 0.497 e. The molecular weight excluding hydrogens is 534 g/mol. The first kappa shape index (κ1) is 28.9. The normalized spacial score (nSPS) is 14.3. The molecule has 0 aliphatic heterocycles. The summed E-state index contributed by atoms with van der Waals surface area (Å²) in [6, 6.07) is 19.4. The van der Waals surface area contributed by atoms with Gasteiger partial charge in [0, 0.05) is 12.6 Å². The zero-order chi connectivity index (χ0) is 29.5. The molecular formula is C32H37N5O5. The van der Waals surface area contributed by atoms with Crippen LogP contribution in [0.3, 0.4) is 0 Å². The Labute approximate surface area is 245 Å². The molecule has 1 N–H and O–H groups in total. The van der Waals surface area contributed by atoms with Crippen LogP contribution in [-0.4, -0.2) is 59.1 Å². The van der Waals surface area contributed by atoms with Crippen LogP contribution in [0.15, 0.2) is 66.7 Å². The van der Waals surface area contributed by atoms with E-state index < -0.39 is 6.04 Å². The van der Waals surface area contributed by atoms with Gasteiger partial charge < -0.3 is 24.4 Å². The molecule has 3 aromatic carbocycles. The highest BCUT2D eigenvalue weighted by Gasteiger charge is 2.34. The van der Waals surface area contributed by atoms with Gasteiger partial charge in [0.2, 0.25) is 11.8 Å². The number of ether oxygens (including phenoxy) is 3. The van der Waals surface area contributed by atoms with Crippen molar-refractivity contribution in [2.24, 2.45) is 0 Å². The third-order valence-corrected chi connectivity index (χ3v) is 7.77. The van der Waals surface area contributed by atoms with Gasteiger partial charge in [0.15, 0.2) is 11.5 Å². The summed E-state index contributed by atoms with van der Waals surface area (Å²) in [7, 11) is 4.72. The summed E-state index contributed by atoms with van der Waals surface area (Å²) >= 11 is 0. The summed E-state index contributed by atoms with van der Waals surface area (Å²) in [6.07, 6.45) is 5.14. The highest BCUT2D eigenvalue weighted by Crippen LogP contribution is 2.34. The Morgan fingerprint density at radius 3 is 2.38 bits per heavy atom. The number of aromatic nitrogens is 3. The van der Waals surface area contributed by atoms with Crippen molar-refractivity contribution in [3.8, 4) is 17.2 Å². The number of nitrogens with zero attached hydrogens (tertiary/aromatic N) is 4. The van der Waals surface area contributed by atoms with Crippen molar-refractivity contribution < 1.29 is 23.8 Å². The van der Waals surface area contributed by atoms with E-state index in [1.54, 1.807) is 43.0 Å². The third kappa shape index (κ3) is 6.48. The standard InChI is InChI=1S/C32H37N5O5/c1-40-25-16-13-22(14-17-25)20-36(30(38)21-37-27-12-8-7-11-26(27)34-35-37)31(32(39)33-24-9-5-4-6-10-24)23-15-18-28(41-2)29(19-23)42-3/h7-8,11-19,24,31H,4-6,9-10,20-21H2,1-3H3,(H,33,39)/t31-/m1/s1. The molecule has 1 aliphatic carbocycles. The van der Waals surface area contributed by atoms with Crippen LogP contribution in [0, 0.1) is 0 Å². The summed E-state index contributed by atoms with van der Waals surface area (Å²) < 4.78 is 17.9. The maximum Gasteiger partial charge on any atom is 0.247 e. The van der Waals surface area contributed by atoms with Gasteiger partial charge in [-0.15, -0.1) is 5.10 Å². The molecule has 1 aromatic heterocycles. The molecule has 1 saturated carbocycles.